The fraction of sp³-hybridized carbons (Fsp3) is 0.190. The molecule has 0 spiro atoms. The van der Waals surface area contributed by atoms with E-state index in [9.17, 15) is 14.0 Å². The van der Waals surface area contributed by atoms with Gasteiger partial charge in [-0.05, 0) is 55.8 Å². The van der Waals surface area contributed by atoms with E-state index in [-0.39, 0.29) is 35.8 Å². The van der Waals surface area contributed by atoms with Crippen LogP contribution < -0.4 is 15.6 Å². The number of nitrogens with one attached hydrogen (secondary N) is 1. The van der Waals surface area contributed by atoms with Crippen molar-refractivity contribution in [2.45, 2.75) is 26.5 Å². The number of aromatic nitrogens is 2. The van der Waals surface area contributed by atoms with Gasteiger partial charge in [-0.2, -0.15) is 4.68 Å². The van der Waals surface area contributed by atoms with Gasteiger partial charge < -0.3 is 10.1 Å². The van der Waals surface area contributed by atoms with Crippen molar-refractivity contribution in [3.05, 3.63) is 88.0 Å². The van der Waals surface area contributed by atoms with Crippen molar-refractivity contribution in [1.29, 1.82) is 0 Å². The lowest BCUT2D eigenvalue weighted by Crippen LogP contribution is -2.30. The maximum atomic E-state index is 13.2. The summed E-state index contributed by atoms with van der Waals surface area (Å²) in [6, 6.07) is 15.4. The molecule has 6 nitrogen and oxygen atoms in total. The monoisotopic (exact) mass is 381 g/mol. The molecule has 2 aromatic carbocycles. The standard InChI is InChI=1S/C21H20FN3O3/c1-14(2)23-21(27)16-6-8-18(9-7-16)25-20(26)11-10-19(24-25)28-13-15-4-3-5-17(22)12-15/h3-12,14H,13H2,1-2H3,(H,23,27). The molecule has 0 unspecified atom stereocenters. The highest BCUT2D eigenvalue weighted by Crippen LogP contribution is 2.12. The van der Waals surface area contributed by atoms with Crippen molar-refractivity contribution in [2.24, 2.45) is 0 Å². The molecule has 1 aromatic heterocycles. The van der Waals surface area contributed by atoms with E-state index < -0.39 is 0 Å². The van der Waals surface area contributed by atoms with Crippen LogP contribution in [-0.4, -0.2) is 21.7 Å². The van der Waals surface area contributed by atoms with Crippen LogP contribution in [0.25, 0.3) is 5.69 Å². The Bertz CT molecular complexity index is 1030. The van der Waals surface area contributed by atoms with Gasteiger partial charge >= 0.3 is 0 Å². The molecule has 0 fully saturated rings. The zero-order valence-electron chi connectivity index (χ0n) is 15.6. The van der Waals surface area contributed by atoms with Crippen molar-refractivity contribution in [3.63, 3.8) is 0 Å². The summed E-state index contributed by atoms with van der Waals surface area (Å²) >= 11 is 0. The quantitative estimate of drug-likeness (QED) is 0.712. The molecule has 0 aliphatic heterocycles. The van der Waals surface area contributed by atoms with E-state index in [1.165, 1.54) is 28.9 Å². The van der Waals surface area contributed by atoms with Crippen LogP contribution in [0.1, 0.15) is 29.8 Å². The molecule has 1 heterocycles. The molecule has 144 valence electrons. The second-order valence-corrected chi connectivity index (χ2v) is 6.52. The SMILES string of the molecule is CC(C)NC(=O)c1ccc(-n2nc(OCc3cccc(F)c3)ccc2=O)cc1. The minimum atomic E-state index is -0.347. The lowest BCUT2D eigenvalue weighted by atomic mass is 10.2. The largest absolute Gasteiger partial charge is 0.472 e. The Morgan fingerprint density at radius 3 is 2.57 bits per heavy atom. The number of carbonyl (C=O) groups is 1. The average molecular weight is 381 g/mol. The second kappa shape index (κ2) is 8.47. The van der Waals surface area contributed by atoms with Crippen molar-refractivity contribution >= 4 is 5.91 Å². The van der Waals surface area contributed by atoms with Crippen LogP contribution in [0.5, 0.6) is 5.88 Å². The molecule has 0 saturated heterocycles. The summed E-state index contributed by atoms with van der Waals surface area (Å²) in [5.74, 6) is -0.305. The Labute approximate surface area is 161 Å². The maximum absolute atomic E-state index is 13.2. The third-order valence-electron chi connectivity index (χ3n) is 3.85. The van der Waals surface area contributed by atoms with Gasteiger partial charge in [-0.15, -0.1) is 5.10 Å². The first-order chi connectivity index (χ1) is 13.4. The topological polar surface area (TPSA) is 73.2 Å². The van der Waals surface area contributed by atoms with E-state index >= 15 is 0 Å². The Morgan fingerprint density at radius 1 is 1.14 bits per heavy atom. The minimum absolute atomic E-state index is 0.0309. The van der Waals surface area contributed by atoms with Gasteiger partial charge in [0.05, 0.1) is 5.69 Å². The summed E-state index contributed by atoms with van der Waals surface area (Å²) in [5.41, 5.74) is 1.31. The predicted molar refractivity (Wildman–Crippen MR) is 103 cm³/mol. The highest BCUT2D eigenvalue weighted by molar-refractivity contribution is 5.94. The molecule has 0 atom stereocenters. The summed E-state index contributed by atoms with van der Waals surface area (Å²) in [5, 5.41) is 7.00. The van der Waals surface area contributed by atoms with Crippen LogP contribution in [0, 0.1) is 5.82 Å². The van der Waals surface area contributed by atoms with Gasteiger partial charge in [0.1, 0.15) is 12.4 Å². The smallest absolute Gasteiger partial charge is 0.271 e. The van der Waals surface area contributed by atoms with E-state index in [1.54, 1.807) is 36.4 Å². The third kappa shape index (κ3) is 4.82. The number of benzene rings is 2. The van der Waals surface area contributed by atoms with E-state index in [0.717, 1.165) is 0 Å². The molecule has 0 saturated carbocycles. The number of rotatable bonds is 6. The molecule has 1 amide bonds. The molecule has 1 N–H and O–H groups in total. The molecule has 3 rings (SSSR count). The predicted octanol–water partition coefficient (Wildman–Crippen LogP) is 3.09. The molecule has 3 aromatic rings. The van der Waals surface area contributed by atoms with Gasteiger partial charge in [-0.1, -0.05) is 12.1 Å². The van der Waals surface area contributed by atoms with Crippen molar-refractivity contribution in [3.8, 4) is 11.6 Å². The van der Waals surface area contributed by atoms with E-state index in [4.69, 9.17) is 4.74 Å². The Kier molecular flexibility index (Phi) is 5.84. The Balaban J connectivity index is 1.77. The molecule has 0 aliphatic carbocycles. The highest BCUT2D eigenvalue weighted by Gasteiger charge is 2.09. The molecule has 28 heavy (non-hydrogen) atoms. The van der Waals surface area contributed by atoms with Crippen molar-refractivity contribution in [1.82, 2.24) is 15.1 Å². The molecular formula is C21H20FN3O3. The van der Waals surface area contributed by atoms with E-state index in [0.29, 0.717) is 16.8 Å². The molecule has 0 bridgehead atoms. The van der Waals surface area contributed by atoms with Gasteiger partial charge in [0, 0.05) is 23.7 Å². The van der Waals surface area contributed by atoms with Crippen LogP contribution in [-0.2, 0) is 6.61 Å². The zero-order valence-corrected chi connectivity index (χ0v) is 15.6. The van der Waals surface area contributed by atoms with Crippen molar-refractivity contribution in [2.75, 3.05) is 0 Å². The number of hydrogen-bond donors (Lipinski definition) is 1. The van der Waals surface area contributed by atoms with Gasteiger partial charge in [-0.25, -0.2) is 4.39 Å². The maximum Gasteiger partial charge on any atom is 0.271 e. The van der Waals surface area contributed by atoms with Gasteiger partial charge in [0.25, 0.3) is 11.5 Å². The molecule has 0 aliphatic rings. The van der Waals surface area contributed by atoms with Gasteiger partial charge in [-0.3, -0.25) is 9.59 Å². The number of ether oxygens (including phenoxy) is 1. The van der Waals surface area contributed by atoms with Crippen LogP contribution in [0.3, 0.4) is 0 Å². The molecular weight excluding hydrogens is 361 g/mol. The number of amides is 1. The number of halogens is 1. The van der Waals surface area contributed by atoms with E-state index in [2.05, 4.69) is 10.4 Å². The number of nitrogens with zero attached hydrogens (tertiary/aromatic N) is 2. The normalized spacial score (nSPS) is 10.7. The highest BCUT2D eigenvalue weighted by atomic mass is 19.1. The fourth-order valence-electron chi connectivity index (χ4n) is 2.54. The first kappa shape index (κ1) is 19.3. The third-order valence-corrected chi connectivity index (χ3v) is 3.85. The van der Waals surface area contributed by atoms with Crippen LogP contribution in [0.15, 0.2) is 65.5 Å². The number of hydrogen-bond acceptors (Lipinski definition) is 4. The average Bonchev–Trinajstić information content (AvgIpc) is 2.67. The minimum Gasteiger partial charge on any atom is -0.472 e. The van der Waals surface area contributed by atoms with Crippen LogP contribution >= 0.6 is 0 Å². The zero-order chi connectivity index (χ0) is 20.1. The van der Waals surface area contributed by atoms with Gasteiger partial charge in [0.2, 0.25) is 5.88 Å². The molecule has 0 radical (unpaired) electrons. The summed E-state index contributed by atoms with van der Waals surface area (Å²) in [4.78, 5) is 24.2. The summed E-state index contributed by atoms with van der Waals surface area (Å²) in [7, 11) is 0. The second-order valence-electron chi connectivity index (χ2n) is 6.52. The Hall–Kier alpha value is -3.48. The summed E-state index contributed by atoms with van der Waals surface area (Å²) in [6.45, 7) is 3.88. The van der Waals surface area contributed by atoms with Crippen molar-refractivity contribution < 1.29 is 13.9 Å². The lowest BCUT2D eigenvalue weighted by molar-refractivity contribution is 0.0943. The lowest BCUT2D eigenvalue weighted by Gasteiger charge is -2.10. The first-order valence-electron chi connectivity index (χ1n) is 8.81. The van der Waals surface area contributed by atoms with Crippen LogP contribution in [0.4, 0.5) is 4.39 Å². The fourth-order valence-corrected chi connectivity index (χ4v) is 2.54. The van der Waals surface area contributed by atoms with Gasteiger partial charge in [0.15, 0.2) is 0 Å². The molecule has 7 heteroatoms. The Morgan fingerprint density at radius 2 is 1.89 bits per heavy atom. The summed E-state index contributed by atoms with van der Waals surface area (Å²) in [6.07, 6.45) is 0. The first-order valence-corrected chi connectivity index (χ1v) is 8.81. The number of carbonyl (C=O) groups excluding carboxylic acids is 1. The van der Waals surface area contributed by atoms with Crippen LogP contribution in [0.2, 0.25) is 0 Å². The summed E-state index contributed by atoms with van der Waals surface area (Å²) < 4.78 is 20.0. The van der Waals surface area contributed by atoms with E-state index in [1.807, 2.05) is 13.8 Å².